The standard InChI is InChI=1S/C24H34N4O2/c1-17(2)21-15-20(25-28(21)24(3,4)5)23(29)27-11-9-26(10-12-27)16-18-6-7-22-19(14-18)8-13-30-22/h6-7,14-15,17H,8-13,16H2,1-5H3. The van der Waals surface area contributed by atoms with Crippen LogP contribution in [0.5, 0.6) is 5.75 Å². The summed E-state index contributed by atoms with van der Waals surface area (Å²) in [7, 11) is 0. The van der Waals surface area contributed by atoms with E-state index in [9.17, 15) is 4.79 Å². The first-order valence-electron chi connectivity index (χ1n) is 11.1. The van der Waals surface area contributed by atoms with Crippen molar-refractivity contribution in [2.75, 3.05) is 32.8 Å². The number of hydrogen-bond donors (Lipinski definition) is 0. The lowest BCUT2D eigenvalue weighted by atomic mass is 10.1. The monoisotopic (exact) mass is 410 g/mol. The zero-order chi connectivity index (χ0) is 21.5. The number of ether oxygens (including phenoxy) is 1. The molecular formula is C24H34N4O2. The predicted octanol–water partition coefficient (Wildman–Crippen LogP) is 3.65. The van der Waals surface area contributed by atoms with E-state index >= 15 is 0 Å². The van der Waals surface area contributed by atoms with E-state index in [2.05, 4.69) is 57.7 Å². The Morgan fingerprint density at radius 3 is 2.50 bits per heavy atom. The fourth-order valence-corrected chi connectivity index (χ4v) is 4.32. The first-order chi connectivity index (χ1) is 14.2. The predicted molar refractivity (Wildman–Crippen MR) is 118 cm³/mol. The van der Waals surface area contributed by atoms with Gasteiger partial charge in [0.25, 0.3) is 5.91 Å². The summed E-state index contributed by atoms with van der Waals surface area (Å²) >= 11 is 0. The van der Waals surface area contributed by atoms with Gasteiger partial charge in [0.15, 0.2) is 5.69 Å². The average molecular weight is 411 g/mol. The normalized spacial score (nSPS) is 17.3. The van der Waals surface area contributed by atoms with Gasteiger partial charge in [-0.05, 0) is 49.9 Å². The second-order valence-electron chi connectivity index (χ2n) is 9.80. The number of piperazine rings is 1. The summed E-state index contributed by atoms with van der Waals surface area (Å²) in [4.78, 5) is 17.5. The second-order valence-corrected chi connectivity index (χ2v) is 9.80. The summed E-state index contributed by atoms with van der Waals surface area (Å²) in [6.45, 7) is 15.7. The molecular weight excluding hydrogens is 376 g/mol. The van der Waals surface area contributed by atoms with Crippen LogP contribution in [0.15, 0.2) is 24.3 Å². The van der Waals surface area contributed by atoms with Crippen molar-refractivity contribution in [1.82, 2.24) is 19.6 Å². The minimum atomic E-state index is -0.141. The van der Waals surface area contributed by atoms with Gasteiger partial charge in [-0.3, -0.25) is 14.4 Å². The van der Waals surface area contributed by atoms with Crippen LogP contribution in [0, 0.1) is 0 Å². The molecule has 0 spiro atoms. The number of amides is 1. The van der Waals surface area contributed by atoms with E-state index in [0.717, 1.165) is 57.2 Å². The summed E-state index contributed by atoms with van der Waals surface area (Å²) in [5.41, 5.74) is 4.18. The Morgan fingerprint density at radius 2 is 1.87 bits per heavy atom. The molecule has 30 heavy (non-hydrogen) atoms. The van der Waals surface area contributed by atoms with Gasteiger partial charge in [0.1, 0.15) is 5.75 Å². The lowest BCUT2D eigenvalue weighted by Gasteiger charge is -2.34. The van der Waals surface area contributed by atoms with Gasteiger partial charge in [-0.15, -0.1) is 0 Å². The highest BCUT2D eigenvalue weighted by Gasteiger charge is 2.28. The van der Waals surface area contributed by atoms with E-state index in [1.54, 1.807) is 0 Å². The molecule has 0 unspecified atom stereocenters. The minimum Gasteiger partial charge on any atom is -0.493 e. The molecule has 2 aromatic rings. The molecule has 6 nitrogen and oxygen atoms in total. The third-order valence-corrected chi connectivity index (χ3v) is 6.00. The zero-order valence-corrected chi connectivity index (χ0v) is 18.9. The molecule has 3 heterocycles. The Labute approximate surface area is 179 Å². The first kappa shape index (κ1) is 20.9. The van der Waals surface area contributed by atoms with E-state index in [0.29, 0.717) is 11.6 Å². The molecule has 0 N–H and O–H groups in total. The van der Waals surface area contributed by atoms with Crippen LogP contribution in [-0.2, 0) is 18.5 Å². The van der Waals surface area contributed by atoms with Gasteiger partial charge in [-0.25, -0.2) is 0 Å². The van der Waals surface area contributed by atoms with Crippen molar-refractivity contribution in [3.8, 4) is 5.75 Å². The van der Waals surface area contributed by atoms with Gasteiger partial charge < -0.3 is 9.64 Å². The Kier molecular flexibility index (Phi) is 5.62. The van der Waals surface area contributed by atoms with E-state index in [4.69, 9.17) is 9.84 Å². The van der Waals surface area contributed by atoms with Crippen LogP contribution in [0.2, 0.25) is 0 Å². The van der Waals surface area contributed by atoms with Crippen molar-refractivity contribution in [2.45, 2.75) is 59.0 Å². The molecule has 6 heteroatoms. The maximum Gasteiger partial charge on any atom is 0.274 e. The van der Waals surface area contributed by atoms with Gasteiger partial charge in [0.05, 0.1) is 12.1 Å². The van der Waals surface area contributed by atoms with Gasteiger partial charge in [0.2, 0.25) is 0 Å². The molecule has 4 rings (SSSR count). The highest BCUT2D eigenvalue weighted by Crippen LogP contribution is 2.27. The van der Waals surface area contributed by atoms with E-state index in [-0.39, 0.29) is 11.4 Å². The van der Waals surface area contributed by atoms with Crippen molar-refractivity contribution in [3.05, 3.63) is 46.8 Å². The number of fused-ring (bicyclic) bond motifs is 1. The number of hydrogen-bond acceptors (Lipinski definition) is 4. The van der Waals surface area contributed by atoms with Gasteiger partial charge >= 0.3 is 0 Å². The number of benzene rings is 1. The summed E-state index contributed by atoms with van der Waals surface area (Å²) in [6.07, 6.45) is 1.00. The van der Waals surface area contributed by atoms with E-state index < -0.39 is 0 Å². The minimum absolute atomic E-state index is 0.0502. The molecule has 0 bridgehead atoms. The lowest BCUT2D eigenvalue weighted by Crippen LogP contribution is -2.48. The summed E-state index contributed by atoms with van der Waals surface area (Å²) in [5.74, 6) is 1.41. The average Bonchev–Trinajstić information content (AvgIpc) is 3.35. The Morgan fingerprint density at radius 1 is 1.13 bits per heavy atom. The number of carbonyl (C=O) groups is 1. The van der Waals surface area contributed by atoms with Crippen molar-refractivity contribution in [2.24, 2.45) is 0 Å². The van der Waals surface area contributed by atoms with Crippen molar-refractivity contribution >= 4 is 5.91 Å². The highest BCUT2D eigenvalue weighted by molar-refractivity contribution is 5.92. The fraction of sp³-hybridized carbons (Fsp3) is 0.583. The van der Waals surface area contributed by atoms with Crippen LogP contribution >= 0.6 is 0 Å². The molecule has 1 saturated heterocycles. The van der Waals surface area contributed by atoms with Gasteiger partial charge in [-0.1, -0.05) is 26.0 Å². The Bertz CT molecular complexity index is 918. The maximum absolute atomic E-state index is 13.1. The molecule has 2 aliphatic rings. The van der Waals surface area contributed by atoms with Crippen LogP contribution in [0.4, 0.5) is 0 Å². The fourth-order valence-electron chi connectivity index (χ4n) is 4.32. The smallest absolute Gasteiger partial charge is 0.274 e. The molecule has 2 aliphatic heterocycles. The van der Waals surface area contributed by atoms with Gasteiger partial charge in [-0.2, -0.15) is 5.10 Å². The molecule has 1 aromatic heterocycles. The van der Waals surface area contributed by atoms with Crippen molar-refractivity contribution < 1.29 is 9.53 Å². The molecule has 1 aromatic carbocycles. The highest BCUT2D eigenvalue weighted by atomic mass is 16.5. The summed E-state index contributed by atoms with van der Waals surface area (Å²) < 4.78 is 7.62. The Hall–Kier alpha value is -2.34. The van der Waals surface area contributed by atoms with Crippen LogP contribution in [-0.4, -0.2) is 58.3 Å². The summed E-state index contributed by atoms with van der Waals surface area (Å²) in [5, 5.41) is 4.70. The zero-order valence-electron chi connectivity index (χ0n) is 18.9. The van der Waals surface area contributed by atoms with Crippen molar-refractivity contribution in [3.63, 3.8) is 0 Å². The quantitative estimate of drug-likeness (QED) is 0.772. The molecule has 0 aliphatic carbocycles. The molecule has 1 fully saturated rings. The molecule has 0 radical (unpaired) electrons. The maximum atomic E-state index is 13.1. The second kappa shape index (κ2) is 8.06. The molecule has 0 atom stereocenters. The number of aromatic nitrogens is 2. The van der Waals surface area contributed by atoms with Gasteiger partial charge in [0, 0.05) is 44.8 Å². The largest absolute Gasteiger partial charge is 0.493 e. The Balaban J connectivity index is 1.39. The summed E-state index contributed by atoms with van der Waals surface area (Å²) in [6, 6.07) is 8.51. The van der Waals surface area contributed by atoms with E-state index in [1.165, 1.54) is 11.1 Å². The number of nitrogens with zero attached hydrogens (tertiary/aromatic N) is 4. The molecule has 0 saturated carbocycles. The number of rotatable bonds is 4. The number of carbonyl (C=O) groups excluding carboxylic acids is 1. The lowest BCUT2D eigenvalue weighted by molar-refractivity contribution is 0.0621. The third-order valence-electron chi connectivity index (χ3n) is 6.00. The third kappa shape index (κ3) is 4.24. The topological polar surface area (TPSA) is 50.6 Å². The SMILES string of the molecule is CC(C)c1cc(C(=O)N2CCN(Cc3ccc4c(c3)CCO4)CC2)nn1C(C)(C)C. The van der Waals surface area contributed by atoms with Crippen LogP contribution in [0.1, 0.15) is 67.8 Å². The van der Waals surface area contributed by atoms with Crippen LogP contribution < -0.4 is 4.74 Å². The van der Waals surface area contributed by atoms with Crippen molar-refractivity contribution in [1.29, 1.82) is 0 Å². The molecule has 162 valence electrons. The van der Waals surface area contributed by atoms with Crippen LogP contribution in [0.25, 0.3) is 0 Å². The first-order valence-corrected chi connectivity index (χ1v) is 11.1. The van der Waals surface area contributed by atoms with Crippen LogP contribution in [0.3, 0.4) is 0 Å². The molecule has 1 amide bonds. The van der Waals surface area contributed by atoms with E-state index in [1.807, 2.05) is 15.6 Å².